The van der Waals surface area contributed by atoms with Crippen LogP contribution in [0.25, 0.3) is 0 Å². The molecule has 1 amide bonds. The fourth-order valence-corrected chi connectivity index (χ4v) is 1.63. The fraction of sp³-hybridized carbons (Fsp3) is 0.500. The molecule has 0 spiro atoms. The van der Waals surface area contributed by atoms with Gasteiger partial charge < -0.3 is 10.6 Å². The minimum absolute atomic E-state index is 0.111. The quantitative estimate of drug-likeness (QED) is 0.738. The van der Waals surface area contributed by atoms with E-state index in [1.54, 1.807) is 0 Å². The topological polar surface area (TPSA) is 41.1 Å². The second kappa shape index (κ2) is 7.07. The zero-order chi connectivity index (χ0) is 12.7. The van der Waals surface area contributed by atoms with E-state index >= 15 is 0 Å². The Balaban J connectivity index is 2.26. The highest BCUT2D eigenvalue weighted by Crippen LogP contribution is 2.09. The Kier molecular flexibility index (Phi) is 5.70. The van der Waals surface area contributed by atoms with Crippen molar-refractivity contribution in [3.8, 4) is 0 Å². The number of hydrogen-bond acceptors (Lipinski definition) is 2. The molecule has 0 fully saturated rings. The van der Waals surface area contributed by atoms with Gasteiger partial charge >= 0.3 is 0 Å². The van der Waals surface area contributed by atoms with E-state index in [0.29, 0.717) is 13.0 Å². The van der Waals surface area contributed by atoms with Gasteiger partial charge in [0.1, 0.15) is 0 Å². The van der Waals surface area contributed by atoms with Crippen molar-refractivity contribution in [2.75, 3.05) is 13.1 Å². The van der Waals surface area contributed by atoms with Crippen LogP contribution in [0.4, 0.5) is 0 Å². The van der Waals surface area contributed by atoms with Gasteiger partial charge in [0.2, 0.25) is 5.91 Å². The third kappa shape index (κ3) is 5.00. The molecule has 0 aliphatic rings. The molecule has 3 nitrogen and oxygen atoms in total. The highest BCUT2D eigenvalue weighted by molar-refractivity contribution is 5.75. The molecule has 0 unspecified atom stereocenters. The summed E-state index contributed by atoms with van der Waals surface area (Å²) in [5, 5.41) is 6.06. The normalized spacial score (nSPS) is 10.3. The van der Waals surface area contributed by atoms with Crippen LogP contribution in [0.3, 0.4) is 0 Å². The smallest absolute Gasteiger partial charge is 0.221 e. The lowest BCUT2D eigenvalue weighted by atomic mass is 10.1. The molecule has 0 atom stereocenters. The Morgan fingerprint density at radius 3 is 2.65 bits per heavy atom. The van der Waals surface area contributed by atoms with E-state index in [9.17, 15) is 4.79 Å². The monoisotopic (exact) mass is 234 g/mol. The number of rotatable bonds is 6. The molecule has 3 heteroatoms. The highest BCUT2D eigenvalue weighted by atomic mass is 16.1. The molecule has 94 valence electrons. The van der Waals surface area contributed by atoms with Gasteiger partial charge in [0, 0.05) is 26.1 Å². The van der Waals surface area contributed by atoms with Crippen molar-refractivity contribution >= 4 is 5.91 Å². The van der Waals surface area contributed by atoms with Gasteiger partial charge in [-0.25, -0.2) is 0 Å². The van der Waals surface area contributed by atoms with Gasteiger partial charge in [-0.3, -0.25) is 4.79 Å². The number of aryl methyl sites for hydroxylation is 2. The van der Waals surface area contributed by atoms with Crippen molar-refractivity contribution < 1.29 is 4.79 Å². The maximum atomic E-state index is 11.2. The zero-order valence-electron chi connectivity index (χ0n) is 11.0. The molecule has 2 N–H and O–H groups in total. The van der Waals surface area contributed by atoms with Gasteiger partial charge in [-0.15, -0.1) is 0 Å². The number of nitrogens with one attached hydrogen (secondary N) is 2. The minimum atomic E-state index is 0.111. The van der Waals surface area contributed by atoms with Crippen molar-refractivity contribution in [2.45, 2.75) is 33.7 Å². The lowest BCUT2D eigenvalue weighted by molar-refractivity contribution is -0.120. The summed E-state index contributed by atoms with van der Waals surface area (Å²) < 4.78 is 0. The van der Waals surface area contributed by atoms with Crippen molar-refractivity contribution in [3.05, 3.63) is 34.9 Å². The molecule has 17 heavy (non-hydrogen) atoms. The van der Waals surface area contributed by atoms with E-state index in [4.69, 9.17) is 0 Å². The zero-order valence-corrected chi connectivity index (χ0v) is 11.0. The van der Waals surface area contributed by atoms with Gasteiger partial charge in [-0.1, -0.05) is 18.2 Å². The first-order chi connectivity index (χ1) is 8.13. The molecule has 0 aliphatic carbocycles. The van der Waals surface area contributed by atoms with Crippen molar-refractivity contribution in [1.29, 1.82) is 0 Å². The number of hydrogen-bond donors (Lipinski definition) is 2. The molecular formula is C14H22N2O. The van der Waals surface area contributed by atoms with Crippen LogP contribution in [-0.2, 0) is 11.3 Å². The Morgan fingerprint density at radius 1 is 1.24 bits per heavy atom. The molecule has 1 aromatic carbocycles. The second-order valence-corrected chi connectivity index (χ2v) is 4.30. The summed E-state index contributed by atoms with van der Waals surface area (Å²) in [5.74, 6) is 0.111. The minimum Gasteiger partial charge on any atom is -0.356 e. The number of carbonyl (C=O) groups is 1. The van der Waals surface area contributed by atoms with Crippen molar-refractivity contribution in [2.24, 2.45) is 0 Å². The first-order valence-corrected chi connectivity index (χ1v) is 6.17. The van der Waals surface area contributed by atoms with Crippen LogP contribution in [0.2, 0.25) is 0 Å². The molecule has 1 rings (SSSR count). The van der Waals surface area contributed by atoms with Gasteiger partial charge in [0.05, 0.1) is 0 Å². The van der Waals surface area contributed by atoms with Crippen LogP contribution in [0.1, 0.15) is 30.0 Å². The largest absolute Gasteiger partial charge is 0.356 e. The fourth-order valence-electron chi connectivity index (χ4n) is 1.63. The van der Waals surface area contributed by atoms with Crippen molar-refractivity contribution in [1.82, 2.24) is 10.6 Å². The van der Waals surface area contributed by atoms with E-state index in [2.05, 4.69) is 42.7 Å². The first-order valence-electron chi connectivity index (χ1n) is 6.17. The molecule has 0 aromatic heterocycles. The molecule has 0 aliphatic heterocycles. The molecular weight excluding hydrogens is 212 g/mol. The average molecular weight is 234 g/mol. The second-order valence-electron chi connectivity index (χ2n) is 4.30. The lowest BCUT2D eigenvalue weighted by Gasteiger charge is -2.07. The third-order valence-electron chi connectivity index (χ3n) is 2.80. The summed E-state index contributed by atoms with van der Waals surface area (Å²) in [6.07, 6.45) is 0.540. The summed E-state index contributed by atoms with van der Waals surface area (Å²) in [6.45, 7) is 8.41. The molecule has 0 bridgehead atoms. The van der Waals surface area contributed by atoms with E-state index in [0.717, 1.165) is 13.1 Å². The standard InChI is InChI=1S/C14H22N2O/c1-4-16-14(17)7-8-15-10-13-6-5-11(2)12(3)9-13/h5-6,9,15H,4,7-8,10H2,1-3H3,(H,16,17). The van der Waals surface area contributed by atoms with Crippen LogP contribution >= 0.6 is 0 Å². The summed E-state index contributed by atoms with van der Waals surface area (Å²) in [7, 11) is 0. The van der Waals surface area contributed by atoms with E-state index < -0.39 is 0 Å². The predicted molar refractivity (Wildman–Crippen MR) is 70.9 cm³/mol. The van der Waals surface area contributed by atoms with Crippen LogP contribution in [-0.4, -0.2) is 19.0 Å². The highest BCUT2D eigenvalue weighted by Gasteiger charge is 1.99. The summed E-state index contributed by atoms with van der Waals surface area (Å²) in [4.78, 5) is 11.2. The van der Waals surface area contributed by atoms with E-state index in [-0.39, 0.29) is 5.91 Å². The molecule has 0 heterocycles. The predicted octanol–water partition coefficient (Wildman–Crippen LogP) is 1.92. The Bertz CT molecular complexity index is 374. The number of benzene rings is 1. The SMILES string of the molecule is CCNC(=O)CCNCc1ccc(C)c(C)c1. The van der Waals surface area contributed by atoms with E-state index in [1.807, 2.05) is 6.92 Å². The molecule has 0 saturated heterocycles. The third-order valence-corrected chi connectivity index (χ3v) is 2.80. The number of carbonyl (C=O) groups excluding carboxylic acids is 1. The molecule has 1 aromatic rings. The van der Waals surface area contributed by atoms with Gasteiger partial charge in [-0.2, -0.15) is 0 Å². The van der Waals surface area contributed by atoms with E-state index in [1.165, 1.54) is 16.7 Å². The maximum Gasteiger partial charge on any atom is 0.221 e. The van der Waals surface area contributed by atoms with Gasteiger partial charge in [0.25, 0.3) is 0 Å². The van der Waals surface area contributed by atoms with Crippen LogP contribution in [0.15, 0.2) is 18.2 Å². The van der Waals surface area contributed by atoms with Crippen LogP contribution in [0, 0.1) is 13.8 Å². The average Bonchev–Trinajstić information content (AvgIpc) is 2.29. The number of amides is 1. The van der Waals surface area contributed by atoms with Crippen LogP contribution in [0.5, 0.6) is 0 Å². The van der Waals surface area contributed by atoms with Gasteiger partial charge in [-0.05, 0) is 37.5 Å². The summed E-state index contributed by atoms with van der Waals surface area (Å²) in [5.41, 5.74) is 3.90. The molecule has 0 saturated carbocycles. The maximum absolute atomic E-state index is 11.2. The molecule has 0 radical (unpaired) electrons. The summed E-state index contributed by atoms with van der Waals surface area (Å²) >= 11 is 0. The van der Waals surface area contributed by atoms with Gasteiger partial charge in [0.15, 0.2) is 0 Å². The van der Waals surface area contributed by atoms with Crippen LogP contribution < -0.4 is 10.6 Å². The Hall–Kier alpha value is -1.35. The lowest BCUT2D eigenvalue weighted by Crippen LogP contribution is -2.27. The Morgan fingerprint density at radius 2 is 2.00 bits per heavy atom. The Labute approximate surface area is 104 Å². The first kappa shape index (κ1) is 13.7. The van der Waals surface area contributed by atoms with Crippen molar-refractivity contribution in [3.63, 3.8) is 0 Å². The summed E-state index contributed by atoms with van der Waals surface area (Å²) in [6, 6.07) is 6.45.